The Balaban J connectivity index is 2.10. The smallest absolute Gasteiger partial charge is 0.243 e. The van der Waals surface area contributed by atoms with Crippen LogP contribution in [-0.2, 0) is 21.4 Å². The van der Waals surface area contributed by atoms with E-state index in [9.17, 15) is 18.3 Å². The number of ether oxygens (including phenoxy) is 1. The summed E-state index contributed by atoms with van der Waals surface area (Å²) >= 11 is 0. The summed E-state index contributed by atoms with van der Waals surface area (Å²) in [6, 6.07) is 14.8. The van der Waals surface area contributed by atoms with E-state index in [1.54, 1.807) is 0 Å². The second-order valence-corrected chi connectivity index (χ2v) is 6.92. The second-order valence-electron chi connectivity index (χ2n) is 4.88. The van der Waals surface area contributed by atoms with Gasteiger partial charge in [0.1, 0.15) is 12.4 Å². The van der Waals surface area contributed by atoms with Crippen LogP contribution in [0.3, 0.4) is 0 Å². The van der Waals surface area contributed by atoms with Crippen LogP contribution < -0.4 is 9.84 Å². The molecule has 2 rings (SSSR count). The van der Waals surface area contributed by atoms with Gasteiger partial charge in [-0.2, -0.15) is 4.31 Å². The van der Waals surface area contributed by atoms with Gasteiger partial charge in [0.25, 0.3) is 0 Å². The van der Waals surface area contributed by atoms with Crippen LogP contribution in [0.25, 0.3) is 0 Å². The van der Waals surface area contributed by atoms with Crippen LogP contribution in [0, 0.1) is 0 Å². The fourth-order valence-electron chi connectivity index (χ4n) is 1.96. The largest absolute Gasteiger partial charge is 0.546 e. The van der Waals surface area contributed by atoms with Crippen LogP contribution in [0.5, 0.6) is 5.75 Å². The number of benzene rings is 2. The normalized spacial score (nSPS) is 11.4. The Morgan fingerprint density at radius 2 is 1.70 bits per heavy atom. The highest BCUT2D eigenvalue weighted by Crippen LogP contribution is 2.20. The summed E-state index contributed by atoms with van der Waals surface area (Å²) in [5.41, 5.74) is 0.882. The Labute approximate surface area is 135 Å². The van der Waals surface area contributed by atoms with Gasteiger partial charge >= 0.3 is 0 Å². The molecule has 0 unspecified atom stereocenters. The molecule has 0 radical (unpaired) electrons. The number of carbonyl (C=O) groups excluding carboxylic acids is 1. The Hall–Kier alpha value is -2.38. The van der Waals surface area contributed by atoms with Crippen LogP contribution in [0.2, 0.25) is 0 Å². The van der Waals surface area contributed by atoms with Crippen molar-refractivity contribution in [2.75, 3.05) is 13.7 Å². The lowest BCUT2D eigenvalue weighted by atomic mass is 10.2. The van der Waals surface area contributed by atoms with Gasteiger partial charge in [-0.25, -0.2) is 8.42 Å². The van der Waals surface area contributed by atoms with Gasteiger partial charge in [0.2, 0.25) is 10.0 Å². The van der Waals surface area contributed by atoms with E-state index in [2.05, 4.69) is 0 Å². The number of carboxylic acid groups (broad SMARTS) is 1. The first kappa shape index (κ1) is 17.0. The van der Waals surface area contributed by atoms with E-state index in [0.717, 1.165) is 5.56 Å². The number of nitrogens with zero attached hydrogens (tertiary/aromatic N) is 1. The molecule has 0 aliphatic heterocycles. The van der Waals surface area contributed by atoms with Crippen molar-refractivity contribution < 1.29 is 23.1 Å². The van der Waals surface area contributed by atoms with E-state index in [1.807, 2.05) is 30.3 Å². The Morgan fingerprint density at radius 1 is 1.09 bits per heavy atom. The van der Waals surface area contributed by atoms with Crippen molar-refractivity contribution in [2.24, 2.45) is 0 Å². The van der Waals surface area contributed by atoms with E-state index >= 15 is 0 Å². The van der Waals surface area contributed by atoms with Gasteiger partial charge in [0, 0.05) is 13.6 Å². The SMILES string of the molecule is CN(Cc1ccccc1)S(=O)(=O)c1ccc(OCC(=O)[O-])cc1. The Bertz CT molecular complexity index is 757. The molecular weight excluding hydrogens is 318 g/mol. The first-order valence-corrected chi connectivity index (χ1v) is 8.26. The zero-order valence-corrected chi connectivity index (χ0v) is 13.3. The summed E-state index contributed by atoms with van der Waals surface area (Å²) in [6.07, 6.45) is 0. The number of aliphatic carboxylic acids is 1. The average Bonchev–Trinajstić information content (AvgIpc) is 2.54. The molecule has 0 N–H and O–H groups in total. The van der Waals surface area contributed by atoms with Crippen molar-refractivity contribution in [1.82, 2.24) is 4.31 Å². The monoisotopic (exact) mass is 334 g/mol. The third-order valence-corrected chi connectivity index (χ3v) is 4.95. The molecule has 0 fully saturated rings. The quantitative estimate of drug-likeness (QED) is 0.741. The fourth-order valence-corrected chi connectivity index (χ4v) is 3.11. The number of sulfonamides is 1. The zero-order valence-electron chi connectivity index (χ0n) is 12.5. The summed E-state index contributed by atoms with van der Waals surface area (Å²) in [6.45, 7) is -0.327. The molecule has 7 heteroatoms. The van der Waals surface area contributed by atoms with Crippen molar-refractivity contribution in [3.63, 3.8) is 0 Å². The minimum atomic E-state index is -3.64. The molecule has 0 aliphatic rings. The van der Waals surface area contributed by atoms with Crippen molar-refractivity contribution in [3.05, 3.63) is 60.2 Å². The third-order valence-electron chi connectivity index (χ3n) is 3.14. The molecule has 0 spiro atoms. The van der Waals surface area contributed by atoms with Crippen molar-refractivity contribution in [3.8, 4) is 5.75 Å². The van der Waals surface area contributed by atoms with Crippen LogP contribution in [0.4, 0.5) is 0 Å². The van der Waals surface area contributed by atoms with Gasteiger partial charge in [0.05, 0.1) is 10.9 Å². The molecule has 0 aliphatic carbocycles. The van der Waals surface area contributed by atoms with Gasteiger partial charge in [-0.3, -0.25) is 0 Å². The molecule has 6 nitrogen and oxygen atoms in total. The molecule has 0 saturated carbocycles. The van der Waals surface area contributed by atoms with E-state index in [-0.39, 0.29) is 17.2 Å². The maximum atomic E-state index is 12.5. The predicted octanol–water partition coefficient (Wildman–Crippen LogP) is 0.636. The molecule has 0 atom stereocenters. The lowest BCUT2D eigenvalue weighted by molar-refractivity contribution is -0.307. The lowest BCUT2D eigenvalue weighted by Gasteiger charge is -2.17. The number of carbonyl (C=O) groups is 1. The van der Waals surface area contributed by atoms with Crippen molar-refractivity contribution in [2.45, 2.75) is 11.4 Å². The molecule has 23 heavy (non-hydrogen) atoms. The standard InChI is InChI=1S/C16H17NO5S/c1-17(11-13-5-3-2-4-6-13)23(20,21)15-9-7-14(8-10-15)22-12-16(18)19/h2-10H,11-12H2,1H3,(H,18,19)/p-1. The maximum absolute atomic E-state index is 12.5. The highest BCUT2D eigenvalue weighted by Gasteiger charge is 2.20. The van der Waals surface area contributed by atoms with E-state index in [1.165, 1.54) is 35.6 Å². The molecule has 0 aromatic heterocycles. The molecular formula is C16H16NO5S-. The minimum Gasteiger partial charge on any atom is -0.546 e. The summed E-state index contributed by atoms with van der Waals surface area (Å²) in [7, 11) is -2.13. The lowest BCUT2D eigenvalue weighted by Crippen LogP contribution is -2.29. The zero-order chi connectivity index (χ0) is 16.9. The predicted molar refractivity (Wildman–Crippen MR) is 82.0 cm³/mol. The number of rotatable bonds is 7. The van der Waals surface area contributed by atoms with Gasteiger partial charge in [-0.05, 0) is 29.8 Å². The van der Waals surface area contributed by atoms with E-state index in [0.29, 0.717) is 0 Å². The minimum absolute atomic E-state index is 0.108. The Morgan fingerprint density at radius 3 is 2.26 bits per heavy atom. The fraction of sp³-hybridized carbons (Fsp3) is 0.188. The van der Waals surface area contributed by atoms with Gasteiger partial charge < -0.3 is 14.6 Å². The Kier molecular flexibility index (Phi) is 5.36. The molecule has 0 saturated heterocycles. The second kappa shape index (κ2) is 7.26. The van der Waals surface area contributed by atoms with Gasteiger partial charge in [-0.1, -0.05) is 30.3 Å². The molecule has 2 aromatic rings. The molecule has 122 valence electrons. The maximum Gasteiger partial charge on any atom is 0.243 e. The summed E-state index contributed by atoms with van der Waals surface area (Å²) < 4.78 is 31.2. The molecule has 2 aromatic carbocycles. The van der Waals surface area contributed by atoms with Gasteiger partial charge in [0.15, 0.2) is 0 Å². The summed E-state index contributed by atoms with van der Waals surface area (Å²) in [5, 5.41) is 10.3. The topological polar surface area (TPSA) is 86.7 Å². The van der Waals surface area contributed by atoms with Crippen molar-refractivity contribution >= 4 is 16.0 Å². The molecule has 0 amide bonds. The van der Waals surface area contributed by atoms with Crippen LogP contribution in [0.15, 0.2) is 59.5 Å². The third kappa shape index (κ3) is 4.54. The van der Waals surface area contributed by atoms with Crippen LogP contribution in [0.1, 0.15) is 5.56 Å². The van der Waals surface area contributed by atoms with Crippen LogP contribution >= 0.6 is 0 Å². The first-order chi connectivity index (χ1) is 10.9. The summed E-state index contributed by atoms with van der Waals surface area (Å²) in [4.78, 5) is 10.4. The first-order valence-electron chi connectivity index (χ1n) is 6.82. The molecule has 0 heterocycles. The number of hydrogen-bond acceptors (Lipinski definition) is 5. The average molecular weight is 334 g/mol. The van der Waals surface area contributed by atoms with Gasteiger partial charge in [-0.15, -0.1) is 0 Å². The number of carboxylic acids is 1. The summed E-state index contributed by atoms with van der Waals surface area (Å²) in [5.74, 6) is -1.08. The molecule has 0 bridgehead atoms. The van der Waals surface area contributed by atoms with Crippen molar-refractivity contribution in [1.29, 1.82) is 0 Å². The van der Waals surface area contributed by atoms with E-state index in [4.69, 9.17) is 4.74 Å². The van der Waals surface area contributed by atoms with Crippen LogP contribution in [-0.4, -0.2) is 32.3 Å². The van der Waals surface area contributed by atoms with E-state index < -0.39 is 22.6 Å². The highest BCUT2D eigenvalue weighted by molar-refractivity contribution is 7.89. The highest BCUT2D eigenvalue weighted by atomic mass is 32.2. The number of hydrogen-bond donors (Lipinski definition) is 0.